The summed E-state index contributed by atoms with van der Waals surface area (Å²) in [6, 6.07) is 0. The highest BCUT2D eigenvalue weighted by Crippen LogP contribution is 2.12. The lowest BCUT2D eigenvalue weighted by atomic mass is 10.1. The molecule has 0 heterocycles. The van der Waals surface area contributed by atoms with Crippen LogP contribution in [0.1, 0.15) is 84.5 Å². The van der Waals surface area contributed by atoms with Crippen LogP contribution in [0.2, 0.25) is 0 Å². The fourth-order valence-electron chi connectivity index (χ4n) is 2.62. The molecular formula is C17H35NO4S. The van der Waals surface area contributed by atoms with Crippen LogP contribution >= 0.6 is 0 Å². The van der Waals surface area contributed by atoms with E-state index in [2.05, 4.69) is 6.92 Å². The standard InChI is InChI=1S/C17H35NO4S/c1-3-5-6-7-8-9-10-11-12-13-15-23(21,22)18(14-4-2)16-17(19)20/h3-16H2,1-2H3,(H,19,20). The lowest BCUT2D eigenvalue weighted by Gasteiger charge is -2.19. The summed E-state index contributed by atoms with van der Waals surface area (Å²) < 4.78 is 25.4. The summed E-state index contributed by atoms with van der Waals surface area (Å²) in [7, 11) is -3.43. The topological polar surface area (TPSA) is 74.7 Å². The number of rotatable bonds is 16. The monoisotopic (exact) mass is 349 g/mol. The lowest BCUT2D eigenvalue weighted by Crippen LogP contribution is -2.37. The van der Waals surface area contributed by atoms with Crippen LogP contribution < -0.4 is 0 Å². The molecule has 0 saturated heterocycles. The molecule has 5 nitrogen and oxygen atoms in total. The third-order valence-corrected chi connectivity index (χ3v) is 5.84. The minimum Gasteiger partial charge on any atom is -0.480 e. The number of carbonyl (C=O) groups is 1. The SMILES string of the molecule is CCCCCCCCCCCCS(=O)(=O)N(CCC)CC(=O)O. The van der Waals surface area contributed by atoms with Gasteiger partial charge in [-0.2, -0.15) is 4.31 Å². The molecule has 0 aromatic carbocycles. The second kappa shape index (κ2) is 13.8. The Morgan fingerprint density at radius 2 is 1.30 bits per heavy atom. The molecule has 0 aliphatic carbocycles. The van der Waals surface area contributed by atoms with E-state index in [4.69, 9.17) is 5.11 Å². The second-order valence-electron chi connectivity index (χ2n) is 6.23. The molecule has 0 unspecified atom stereocenters. The predicted molar refractivity (Wildman–Crippen MR) is 95.1 cm³/mol. The van der Waals surface area contributed by atoms with Crippen LogP contribution in [0.3, 0.4) is 0 Å². The van der Waals surface area contributed by atoms with Gasteiger partial charge in [0.2, 0.25) is 10.0 Å². The summed E-state index contributed by atoms with van der Waals surface area (Å²) >= 11 is 0. The minimum absolute atomic E-state index is 0.0663. The Hall–Kier alpha value is -0.620. The molecular weight excluding hydrogens is 314 g/mol. The molecule has 0 aliphatic heterocycles. The number of unbranched alkanes of at least 4 members (excludes halogenated alkanes) is 9. The number of hydrogen-bond donors (Lipinski definition) is 1. The molecule has 0 spiro atoms. The number of aliphatic carboxylic acids is 1. The highest BCUT2D eigenvalue weighted by molar-refractivity contribution is 7.89. The fourth-order valence-corrected chi connectivity index (χ4v) is 4.21. The van der Waals surface area contributed by atoms with E-state index in [0.29, 0.717) is 12.8 Å². The molecule has 0 saturated carbocycles. The smallest absolute Gasteiger partial charge is 0.318 e. The van der Waals surface area contributed by atoms with Crippen molar-refractivity contribution in [3.05, 3.63) is 0 Å². The van der Waals surface area contributed by atoms with E-state index in [1.807, 2.05) is 6.92 Å². The van der Waals surface area contributed by atoms with Crippen LogP contribution in [0.25, 0.3) is 0 Å². The maximum Gasteiger partial charge on any atom is 0.318 e. The number of sulfonamides is 1. The van der Waals surface area contributed by atoms with Gasteiger partial charge in [-0.25, -0.2) is 8.42 Å². The van der Waals surface area contributed by atoms with Crippen LogP contribution in [-0.4, -0.2) is 42.6 Å². The van der Waals surface area contributed by atoms with Crippen molar-refractivity contribution < 1.29 is 18.3 Å². The average Bonchev–Trinajstić information content (AvgIpc) is 2.48. The van der Waals surface area contributed by atoms with Gasteiger partial charge in [0.05, 0.1) is 5.75 Å². The highest BCUT2D eigenvalue weighted by Gasteiger charge is 2.22. The van der Waals surface area contributed by atoms with Crippen molar-refractivity contribution in [1.82, 2.24) is 4.31 Å². The Labute approximate surface area is 142 Å². The predicted octanol–water partition coefficient (Wildman–Crippen LogP) is 4.03. The van der Waals surface area contributed by atoms with Gasteiger partial charge in [-0.1, -0.05) is 71.6 Å². The zero-order chi connectivity index (χ0) is 17.6. The number of carboxylic acid groups (broad SMARTS) is 1. The van der Waals surface area contributed by atoms with Crippen molar-refractivity contribution >= 4 is 16.0 Å². The molecule has 138 valence electrons. The zero-order valence-electron chi connectivity index (χ0n) is 14.9. The third kappa shape index (κ3) is 12.5. The molecule has 0 bridgehead atoms. The van der Waals surface area contributed by atoms with Crippen molar-refractivity contribution in [2.45, 2.75) is 84.5 Å². The van der Waals surface area contributed by atoms with Gasteiger partial charge < -0.3 is 5.11 Å². The van der Waals surface area contributed by atoms with Crippen LogP contribution in [-0.2, 0) is 14.8 Å². The van der Waals surface area contributed by atoms with Crippen LogP contribution in [0.5, 0.6) is 0 Å². The van der Waals surface area contributed by atoms with Gasteiger partial charge in [-0.3, -0.25) is 4.79 Å². The summed E-state index contributed by atoms with van der Waals surface area (Å²) in [6.45, 7) is 3.93. The highest BCUT2D eigenvalue weighted by atomic mass is 32.2. The first-order valence-electron chi connectivity index (χ1n) is 9.13. The number of carboxylic acids is 1. The van der Waals surface area contributed by atoms with Gasteiger partial charge in [0.25, 0.3) is 0 Å². The van der Waals surface area contributed by atoms with E-state index in [1.54, 1.807) is 0 Å². The first-order valence-corrected chi connectivity index (χ1v) is 10.7. The maximum atomic E-state index is 12.2. The van der Waals surface area contributed by atoms with Gasteiger partial charge in [-0.15, -0.1) is 0 Å². The van der Waals surface area contributed by atoms with Gasteiger partial charge in [0.15, 0.2) is 0 Å². The van der Waals surface area contributed by atoms with Gasteiger partial charge in [-0.05, 0) is 12.8 Å². The normalized spacial score (nSPS) is 12.0. The molecule has 1 N–H and O–H groups in total. The molecule has 0 rings (SSSR count). The fraction of sp³-hybridized carbons (Fsp3) is 0.941. The Morgan fingerprint density at radius 3 is 1.74 bits per heavy atom. The van der Waals surface area contributed by atoms with Crippen LogP contribution in [0.15, 0.2) is 0 Å². The quantitative estimate of drug-likeness (QED) is 0.427. The van der Waals surface area contributed by atoms with E-state index in [9.17, 15) is 13.2 Å². The van der Waals surface area contributed by atoms with E-state index in [1.165, 1.54) is 44.9 Å². The Morgan fingerprint density at radius 1 is 0.826 bits per heavy atom. The summed E-state index contributed by atoms with van der Waals surface area (Å²) in [5.41, 5.74) is 0. The summed E-state index contributed by atoms with van der Waals surface area (Å²) in [4.78, 5) is 10.8. The first kappa shape index (κ1) is 22.4. The Kier molecular flexibility index (Phi) is 13.4. The Bertz CT molecular complexity index is 395. The summed E-state index contributed by atoms with van der Waals surface area (Å²) in [5, 5.41) is 8.81. The van der Waals surface area contributed by atoms with Gasteiger partial charge in [0, 0.05) is 6.54 Å². The molecule has 0 atom stereocenters. The zero-order valence-corrected chi connectivity index (χ0v) is 15.7. The molecule has 0 fully saturated rings. The van der Waals surface area contributed by atoms with E-state index >= 15 is 0 Å². The minimum atomic E-state index is -3.43. The lowest BCUT2D eigenvalue weighted by molar-refractivity contribution is -0.137. The number of hydrogen-bond acceptors (Lipinski definition) is 3. The largest absolute Gasteiger partial charge is 0.480 e. The second-order valence-corrected chi connectivity index (χ2v) is 8.31. The third-order valence-electron chi connectivity index (χ3n) is 3.93. The first-order chi connectivity index (χ1) is 10.9. The van der Waals surface area contributed by atoms with E-state index < -0.39 is 22.5 Å². The molecule has 0 radical (unpaired) electrons. The van der Waals surface area contributed by atoms with Crippen LogP contribution in [0, 0.1) is 0 Å². The molecule has 0 aromatic heterocycles. The molecule has 6 heteroatoms. The van der Waals surface area contributed by atoms with Gasteiger partial charge >= 0.3 is 5.97 Å². The van der Waals surface area contributed by atoms with E-state index in [-0.39, 0.29) is 12.3 Å². The van der Waals surface area contributed by atoms with Crippen molar-refractivity contribution in [1.29, 1.82) is 0 Å². The summed E-state index contributed by atoms with van der Waals surface area (Å²) in [5.74, 6) is -1.03. The summed E-state index contributed by atoms with van der Waals surface area (Å²) in [6.07, 6.45) is 12.1. The van der Waals surface area contributed by atoms with Crippen molar-refractivity contribution in [2.24, 2.45) is 0 Å². The van der Waals surface area contributed by atoms with Crippen molar-refractivity contribution in [3.63, 3.8) is 0 Å². The number of nitrogens with zero attached hydrogens (tertiary/aromatic N) is 1. The Balaban J connectivity index is 3.81. The van der Waals surface area contributed by atoms with Crippen molar-refractivity contribution in [3.8, 4) is 0 Å². The molecule has 0 amide bonds. The van der Waals surface area contributed by atoms with Crippen molar-refractivity contribution in [2.75, 3.05) is 18.8 Å². The molecule has 0 aromatic rings. The van der Waals surface area contributed by atoms with Crippen LogP contribution in [0.4, 0.5) is 0 Å². The maximum absolute atomic E-state index is 12.2. The van der Waals surface area contributed by atoms with Gasteiger partial charge in [0.1, 0.15) is 6.54 Å². The average molecular weight is 350 g/mol. The molecule has 23 heavy (non-hydrogen) atoms. The molecule has 0 aliphatic rings. The van der Waals surface area contributed by atoms with E-state index in [0.717, 1.165) is 17.1 Å².